The highest BCUT2D eigenvalue weighted by molar-refractivity contribution is 6.06. The maximum Gasteiger partial charge on any atom is 0.276 e. The number of nitrogens with zero attached hydrogens (tertiary/aromatic N) is 5. The van der Waals surface area contributed by atoms with Gasteiger partial charge in [0.25, 0.3) is 17.4 Å². The summed E-state index contributed by atoms with van der Waals surface area (Å²) in [6.07, 6.45) is 5.10. The molecule has 0 spiro atoms. The van der Waals surface area contributed by atoms with Crippen LogP contribution >= 0.6 is 0 Å². The molecule has 1 aliphatic carbocycles. The lowest BCUT2D eigenvalue weighted by Crippen LogP contribution is -2.41. The molecule has 0 bridgehead atoms. The van der Waals surface area contributed by atoms with Gasteiger partial charge in [-0.15, -0.1) is 0 Å². The van der Waals surface area contributed by atoms with Gasteiger partial charge in [-0.2, -0.15) is 5.10 Å². The molecule has 2 amide bonds. The molecule has 4 aromatic heterocycles. The summed E-state index contributed by atoms with van der Waals surface area (Å²) in [5.41, 5.74) is 5.50. The van der Waals surface area contributed by atoms with E-state index in [2.05, 4.69) is 38.9 Å². The fourth-order valence-corrected chi connectivity index (χ4v) is 5.92. The number of H-pyrrole nitrogens is 1. The lowest BCUT2D eigenvalue weighted by atomic mass is 9.90. The number of anilines is 2. The molecule has 11 nitrogen and oxygen atoms in total. The largest absolute Gasteiger partial charge is 0.392 e. The molecule has 11 heteroatoms. The summed E-state index contributed by atoms with van der Waals surface area (Å²) < 4.78 is 3.50. The van der Waals surface area contributed by atoms with Crippen LogP contribution in [-0.4, -0.2) is 47.8 Å². The first-order chi connectivity index (χ1) is 19.1. The summed E-state index contributed by atoms with van der Waals surface area (Å²) in [6, 6.07) is 6.88. The van der Waals surface area contributed by atoms with Gasteiger partial charge in [0.15, 0.2) is 5.69 Å². The van der Waals surface area contributed by atoms with Crippen molar-refractivity contribution in [3.63, 3.8) is 0 Å². The van der Waals surface area contributed by atoms with E-state index in [1.54, 1.807) is 49.5 Å². The van der Waals surface area contributed by atoms with E-state index in [9.17, 15) is 19.5 Å². The second kappa shape index (κ2) is 9.30. The molecule has 5 heterocycles. The summed E-state index contributed by atoms with van der Waals surface area (Å²) in [5.74, 6) is -0.293. The number of fused-ring (bicyclic) bond motifs is 3. The third-order valence-electron chi connectivity index (χ3n) is 7.75. The molecular formula is C29H31N7O4. The highest BCUT2D eigenvalue weighted by Crippen LogP contribution is 2.40. The van der Waals surface area contributed by atoms with Crippen molar-refractivity contribution < 1.29 is 14.7 Å². The zero-order valence-corrected chi connectivity index (χ0v) is 22.9. The van der Waals surface area contributed by atoms with Crippen LogP contribution in [0.1, 0.15) is 57.3 Å². The van der Waals surface area contributed by atoms with Crippen molar-refractivity contribution in [1.82, 2.24) is 24.3 Å². The topological polar surface area (TPSA) is 138 Å². The molecule has 0 fully saturated rings. The summed E-state index contributed by atoms with van der Waals surface area (Å²) >= 11 is 0. The molecule has 1 aliphatic heterocycles. The van der Waals surface area contributed by atoms with Crippen LogP contribution in [0, 0.1) is 12.3 Å². The quantitative estimate of drug-likeness (QED) is 0.355. The molecule has 0 saturated carbocycles. The minimum atomic E-state index is -0.520. The number of carbonyl (C=O) groups excluding carboxylic acids is 2. The molecule has 4 aromatic rings. The zero-order valence-electron chi connectivity index (χ0n) is 22.9. The third kappa shape index (κ3) is 4.22. The molecule has 40 heavy (non-hydrogen) atoms. The predicted molar refractivity (Wildman–Crippen MR) is 149 cm³/mol. The Labute approximate surface area is 230 Å². The standard InChI is InChI=1S/C29H31N7O4/c1-16-9-21(33-32-16)26(38)31-22-10-18(14-34(4)27(22)39)19-5-6-30-25(20(19)15-37)36-8-7-35-23(28(36)40)11-17-12-29(2,3)13-24(17)35/h5-6,9-11,14,37H,7-8,12-13,15H2,1-4H3,(H,31,38)(H,32,33). The van der Waals surface area contributed by atoms with Gasteiger partial charge in [0, 0.05) is 55.0 Å². The van der Waals surface area contributed by atoms with E-state index in [-0.39, 0.29) is 29.3 Å². The average molecular weight is 542 g/mol. The van der Waals surface area contributed by atoms with Crippen molar-refractivity contribution in [2.45, 2.75) is 46.8 Å². The van der Waals surface area contributed by atoms with Gasteiger partial charge in [0.2, 0.25) is 0 Å². The Morgan fingerprint density at radius 2 is 1.98 bits per heavy atom. The molecule has 3 N–H and O–H groups in total. The number of hydrogen-bond donors (Lipinski definition) is 3. The predicted octanol–water partition coefficient (Wildman–Crippen LogP) is 2.81. The smallest absolute Gasteiger partial charge is 0.276 e. The normalized spacial score (nSPS) is 15.7. The lowest BCUT2D eigenvalue weighted by Gasteiger charge is -2.31. The van der Waals surface area contributed by atoms with E-state index in [0.717, 1.165) is 18.5 Å². The van der Waals surface area contributed by atoms with Gasteiger partial charge < -0.3 is 19.6 Å². The van der Waals surface area contributed by atoms with E-state index >= 15 is 0 Å². The Kier molecular flexibility index (Phi) is 5.99. The monoisotopic (exact) mass is 541 g/mol. The molecule has 6 rings (SSSR count). The number of carbonyl (C=O) groups is 2. The Morgan fingerprint density at radius 1 is 1.18 bits per heavy atom. The van der Waals surface area contributed by atoms with Crippen molar-refractivity contribution in [2.75, 3.05) is 16.8 Å². The highest BCUT2D eigenvalue weighted by atomic mass is 16.3. The number of hydrogen-bond acceptors (Lipinski definition) is 6. The first-order valence-corrected chi connectivity index (χ1v) is 13.2. The van der Waals surface area contributed by atoms with E-state index in [1.165, 1.54) is 15.8 Å². The van der Waals surface area contributed by atoms with Crippen molar-refractivity contribution in [1.29, 1.82) is 0 Å². The van der Waals surface area contributed by atoms with Crippen LogP contribution in [0.5, 0.6) is 0 Å². The fraction of sp³-hybridized carbons (Fsp3) is 0.345. The summed E-state index contributed by atoms with van der Waals surface area (Å²) in [5, 5.41) is 19.8. The molecule has 0 aromatic carbocycles. The van der Waals surface area contributed by atoms with Gasteiger partial charge in [-0.1, -0.05) is 13.8 Å². The number of aliphatic hydroxyl groups excluding tert-OH is 1. The number of aromatic nitrogens is 5. The average Bonchev–Trinajstić information content (AvgIpc) is 3.58. The van der Waals surface area contributed by atoms with E-state index in [4.69, 9.17) is 0 Å². The zero-order chi connectivity index (χ0) is 28.3. The Hall–Kier alpha value is -4.51. The maximum absolute atomic E-state index is 13.7. The van der Waals surface area contributed by atoms with Crippen molar-refractivity contribution >= 4 is 23.3 Å². The minimum absolute atomic E-state index is 0.0669. The summed E-state index contributed by atoms with van der Waals surface area (Å²) in [6.45, 7) is 6.96. The van der Waals surface area contributed by atoms with Gasteiger partial charge in [0.1, 0.15) is 17.2 Å². The Morgan fingerprint density at radius 3 is 2.70 bits per heavy atom. The van der Waals surface area contributed by atoms with Crippen molar-refractivity contribution in [2.24, 2.45) is 12.5 Å². The highest BCUT2D eigenvalue weighted by Gasteiger charge is 2.37. The summed E-state index contributed by atoms with van der Waals surface area (Å²) in [7, 11) is 1.59. The fourth-order valence-electron chi connectivity index (χ4n) is 5.92. The number of amides is 2. The maximum atomic E-state index is 13.7. The second-order valence-electron chi connectivity index (χ2n) is 11.4. The van der Waals surface area contributed by atoms with Crippen LogP contribution in [0.4, 0.5) is 11.5 Å². The van der Waals surface area contributed by atoms with Crippen LogP contribution < -0.4 is 15.8 Å². The molecule has 0 radical (unpaired) electrons. The molecule has 206 valence electrons. The molecular weight excluding hydrogens is 510 g/mol. The van der Waals surface area contributed by atoms with E-state index < -0.39 is 11.5 Å². The third-order valence-corrected chi connectivity index (χ3v) is 7.75. The number of pyridine rings is 2. The van der Waals surface area contributed by atoms with Crippen LogP contribution in [0.2, 0.25) is 0 Å². The van der Waals surface area contributed by atoms with Crippen LogP contribution in [0.3, 0.4) is 0 Å². The van der Waals surface area contributed by atoms with Gasteiger partial charge in [-0.3, -0.25) is 24.4 Å². The SMILES string of the molecule is Cc1cc(C(=O)Nc2cc(-c3ccnc(N4CCn5c(cc6c5CC(C)(C)C6)C4=O)c3CO)cn(C)c2=O)n[nH]1. The number of rotatable bonds is 5. The van der Waals surface area contributed by atoms with Gasteiger partial charge in [-0.05, 0) is 60.6 Å². The molecule has 0 unspecified atom stereocenters. The van der Waals surface area contributed by atoms with Crippen molar-refractivity contribution in [3.05, 3.63) is 80.9 Å². The number of aryl methyl sites for hydroxylation is 2. The molecule has 2 aliphatic rings. The van der Waals surface area contributed by atoms with Crippen molar-refractivity contribution in [3.8, 4) is 11.1 Å². The van der Waals surface area contributed by atoms with Crippen LogP contribution in [-0.2, 0) is 33.0 Å². The second-order valence-corrected chi connectivity index (χ2v) is 11.4. The van der Waals surface area contributed by atoms with Crippen LogP contribution in [0.25, 0.3) is 11.1 Å². The van der Waals surface area contributed by atoms with E-state index in [0.29, 0.717) is 41.3 Å². The Balaban J connectivity index is 1.36. The number of aliphatic hydroxyl groups is 1. The van der Waals surface area contributed by atoms with Crippen LogP contribution in [0.15, 0.2) is 41.5 Å². The summed E-state index contributed by atoms with van der Waals surface area (Å²) in [4.78, 5) is 45.4. The van der Waals surface area contributed by atoms with E-state index in [1.807, 2.05) is 6.07 Å². The lowest BCUT2D eigenvalue weighted by molar-refractivity contribution is 0.0961. The van der Waals surface area contributed by atoms with Gasteiger partial charge in [-0.25, -0.2) is 4.98 Å². The Bertz CT molecular complexity index is 1740. The molecule has 0 saturated heterocycles. The first-order valence-electron chi connectivity index (χ1n) is 13.2. The number of nitrogens with one attached hydrogen (secondary N) is 2. The van der Waals surface area contributed by atoms with Gasteiger partial charge >= 0.3 is 0 Å². The molecule has 0 atom stereocenters. The number of aromatic amines is 1. The van der Waals surface area contributed by atoms with Gasteiger partial charge in [0.05, 0.1) is 6.61 Å². The first kappa shape index (κ1) is 25.8. The minimum Gasteiger partial charge on any atom is -0.392 e.